The Morgan fingerprint density at radius 3 is 2.48 bits per heavy atom. The van der Waals surface area contributed by atoms with E-state index in [1.54, 1.807) is 6.20 Å². The number of amides is 1. The lowest BCUT2D eigenvalue weighted by Crippen LogP contribution is -2.39. The Hall–Kier alpha value is -2.74. The summed E-state index contributed by atoms with van der Waals surface area (Å²) < 4.78 is 14.5. The molecule has 2 rings (SSSR count). The summed E-state index contributed by atoms with van der Waals surface area (Å²) in [6.45, 7) is 7.75. The first kappa shape index (κ1) is 20.6. The number of carbonyl (C=O) groups is 1. The van der Waals surface area contributed by atoms with Gasteiger partial charge in [-0.1, -0.05) is 13.8 Å². The average molecular weight is 374 g/mol. The average Bonchev–Trinajstić information content (AvgIpc) is 2.63. The highest BCUT2D eigenvalue weighted by molar-refractivity contribution is 5.98. The van der Waals surface area contributed by atoms with E-state index >= 15 is 0 Å². The molecule has 0 aliphatic heterocycles. The summed E-state index contributed by atoms with van der Waals surface area (Å²) in [7, 11) is 0. The Bertz CT molecular complexity index is 826. The third-order valence-corrected chi connectivity index (χ3v) is 4.59. The number of rotatable bonds is 8. The van der Waals surface area contributed by atoms with Crippen LogP contribution < -0.4 is 22.1 Å². The number of hydrogen-bond donors (Lipinski definition) is 4. The lowest BCUT2D eigenvalue weighted by Gasteiger charge is -2.24. The maximum Gasteiger partial charge on any atom is 0.252 e. The van der Waals surface area contributed by atoms with Gasteiger partial charge in [-0.15, -0.1) is 0 Å². The van der Waals surface area contributed by atoms with Crippen LogP contribution in [0.2, 0.25) is 0 Å². The van der Waals surface area contributed by atoms with E-state index in [1.165, 1.54) is 0 Å². The van der Waals surface area contributed by atoms with Crippen molar-refractivity contribution in [3.8, 4) is 0 Å². The molecule has 6 N–H and O–H groups in total. The summed E-state index contributed by atoms with van der Waals surface area (Å²) in [6, 6.07) is 2.66. The van der Waals surface area contributed by atoms with Gasteiger partial charge in [-0.2, -0.15) is 0 Å². The number of nitrogens with zero attached hydrogens (tertiary/aromatic N) is 2. The van der Waals surface area contributed by atoms with Gasteiger partial charge in [0.2, 0.25) is 0 Å². The zero-order chi connectivity index (χ0) is 20.1. The molecule has 2 aromatic rings. The molecule has 0 aromatic carbocycles. The highest BCUT2D eigenvalue weighted by Crippen LogP contribution is 2.25. The van der Waals surface area contributed by atoms with Crippen LogP contribution in [0.1, 0.15) is 48.3 Å². The van der Waals surface area contributed by atoms with Crippen molar-refractivity contribution in [3.63, 3.8) is 0 Å². The minimum absolute atomic E-state index is 0.0232. The monoisotopic (exact) mass is 374 g/mol. The Kier molecular flexibility index (Phi) is 6.68. The molecule has 0 spiro atoms. The van der Waals surface area contributed by atoms with E-state index in [0.29, 0.717) is 12.1 Å². The van der Waals surface area contributed by atoms with Gasteiger partial charge in [0.1, 0.15) is 5.82 Å². The topological polar surface area (TPSA) is 119 Å². The number of nitrogens with two attached hydrogens (primary N) is 2. The first-order chi connectivity index (χ1) is 12.8. The SMILES string of the molecule is CC[C@H](N)[C@@H](CC)Nc1nc(Nc2cnc(C)c(C)c2)c(C(N)=O)cc1F. The molecule has 0 saturated carbocycles. The molecule has 146 valence electrons. The molecule has 27 heavy (non-hydrogen) atoms. The van der Waals surface area contributed by atoms with Crippen LogP contribution in [0.3, 0.4) is 0 Å². The molecule has 2 atom stereocenters. The largest absolute Gasteiger partial charge is 0.365 e. The van der Waals surface area contributed by atoms with Crippen molar-refractivity contribution < 1.29 is 9.18 Å². The van der Waals surface area contributed by atoms with E-state index in [0.717, 1.165) is 23.7 Å². The van der Waals surface area contributed by atoms with Crippen molar-refractivity contribution >= 4 is 23.2 Å². The first-order valence-electron chi connectivity index (χ1n) is 8.99. The normalized spacial score (nSPS) is 13.1. The van der Waals surface area contributed by atoms with Crippen LogP contribution in [-0.4, -0.2) is 28.0 Å². The molecule has 0 saturated heterocycles. The van der Waals surface area contributed by atoms with Crippen molar-refractivity contribution in [2.24, 2.45) is 11.5 Å². The Morgan fingerprint density at radius 2 is 1.93 bits per heavy atom. The van der Waals surface area contributed by atoms with Gasteiger partial charge in [0.25, 0.3) is 5.91 Å². The van der Waals surface area contributed by atoms with E-state index < -0.39 is 11.7 Å². The van der Waals surface area contributed by atoms with E-state index in [1.807, 2.05) is 33.8 Å². The summed E-state index contributed by atoms with van der Waals surface area (Å²) in [5.41, 5.74) is 13.9. The summed E-state index contributed by atoms with van der Waals surface area (Å²) in [5.74, 6) is -1.25. The number of hydrogen-bond acceptors (Lipinski definition) is 6. The third kappa shape index (κ3) is 4.91. The Labute approximate surface area is 158 Å². The molecule has 0 radical (unpaired) electrons. The van der Waals surface area contributed by atoms with Crippen LogP contribution in [0.25, 0.3) is 0 Å². The number of pyridine rings is 2. The van der Waals surface area contributed by atoms with E-state index in [-0.39, 0.29) is 29.3 Å². The molecular weight excluding hydrogens is 347 g/mol. The minimum atomic E-state index is -0.774. The second-order valence-electron chi connectivity index (χ2n) is 6.56. The molecule has 0 aliphatic carbocycles. The first-order valence-corrected chi connectivity index (χ1v) is 8.99. The summed E-state index contributed by atoms with van der Waals surface area (Å²) in [4.78, 5) is 20.3. The molecule has 0 unspecified atom stereocenters. The van der Waals surface area contributed by atoms with Crippen molar-refractivity contribution in [3.05, 3.63) is 41.0 Å². The number of aromatic nitrogens is 2. The van der Waals surface area contributed by atoms with Gasteiger partial charge in [-0.3, -0.25) is 9.78 Å². The summed E-state index contributed by atoms with van der Waals surface area (Å²) >= 11 is 0. The molecule has 1 amide bonds. The molecule has 8 heteroatoms. The van der Waals surface area contributed by atoms with Crippen LogP contribution in [0.15, 0.2) is 18.3 Å². The molecule has 2 aromatic heterocycles. The maximum atomic E-state index is 14.5. The van der Waals surface area contributed by atoms with Gasteiger partial charge in [-0.25, -0.2) is 9.37 Å². The fourth-order valence-electron chi connectivity index (χ4n) is 2.69. The zero-order valence-electron chi connectivity index (χ0n) is 16.1. The lowest BCUT2D eigenvalue weighted by molar-refractivity contribution is 0.100. The molecule has 2 heterocycles. The van der Waals surface area contributed by atoms with Gasteiger partial charge in [0.05, 0.1) is 17.4 Å². The maximum absolute atomic E-state index is 14.5. The van der Waals surface area contributed by atoms with Crippen LogP contribution >= 0.6 is 0 Å². The molecule has 0 bridgehead atoms. The van der Waals surface area contributed by atoms with E-state index in [4.69, 9.17) is 11.5 Å². The third-order valence-electron chi connectivity index (χ3n) is 4.59. The lowest BCUT2D eigenvalue weighted by atomic mass is 10.0. The minimum Gasteiger partial charge on any atom is -0.365 e. The highest BCUT2D eigenvalue weighted by atomic mass is 19.1. The van der Waals surface area contributed by atoms with Crippen LogP contribution in [0.5, 0.6) is 0 Å². The van der Waals surface area contributed by atoms with Gasteiger partial charge >= 0.3 is 0 Å². The smallest absolute Gasteiger partial charge is 0.252 e. The van der Waals surface area contributed by atoms with Gasteiger partial charge < -0.3 is 22.1 Å². The fraction of sp³-hybridized carbons (Fsp3) is 0.421. The number of aryl methyl sites for hydroxylation is 2. The van der Waals surface area contributed by atoms with Crippen molar-refractivity contribution in [2.45, 2.75) is 52.6 Å². The van der Waals surface area contributed by atoms with Gasteiger partial charge in [-0.05, 0) is 44.4 Å². The second-order valence-corrected chi connectivity index (χ2v) is 6.56. The zero-order valence-corrected chi connectivity index (χ0v) is 16.1. The number of nitrogens with one attached hydrogen (secondary N) is 2. The predicted molar refractivity (Wildman–Crippen MR) is 106 cm³/mol. The Morgan fingerprint density at radius 1 is 1.22 bits per heavy atom. The van der Waals surface area contributed by atoms with E-state index in [9.17, 15) is 9.18 Å². The van der Waals surface area contributed by atoms with Gasteiger partial charge in [0.15, 0.2) is 11.6 Å². The molecule has 0 fully saturated rings. The fourth-order valence-corrected chi connectivity index (χ4v) is 2.69. The van der Waals surface area contributed by atoms with Crippen LogP contribution in [0.4, 0.5) is 21.7 Å². The standard InChI is InChI=1S/C19H27FN6O/c1-5-15(21)16(6-2)25-19-14(20)8-13(17(22)27)18(26-19)24-12-7-10(3)11(4)23-9-12/h7-9,15-16H,5-6,21H2,1-4H3,(H2,22,27)(H2,24,25,26)/t15-,16+/m0/s1. The van der Waals surface area contributed by atoms with Crippen molar-refractivity contribution in [2.75, 3.05) is 10.6 Å². The number of anilines is 3. The van der Waals surface area contributed by atoms with Crippen molar-refractivity contribution in [1.29, 1.82) is 0 Å². The summed E-state index contributed by atoms with van der Waals surface area (Å²) in [5, 5.41) is 6.05. The van der Waals surface area contributed by atoms with Crippen LogP contribution in [-0.2, 0) is 0 Å². The summed E-state index contributed by atoms with van der Waals surface area (Å²) in [6.07, 6.45) is 3.07. The molecule has 0 aliphatic rings. The second kappa shape index (κ2) is 8.77. The van der Waals surface area contributed by atoms with Crippen molar-refractivity contribution in [1.82, 2.24) is 9.97 Å². The number of primary amides is 1. The predicted octanol–water partition coefficient (Wildman–Crippen LogP) is 3.00. The Balaban J connectivity index is 2.41. The highest BCUT2D eigenvalue weighted by Gasteiger charge is 2.20. The molecule has 7 nitrogen and oxygen atoms in total. The van der Waals surface area contributed by atoms with Gasteiger partial charge in [0, 0.05) is 17.8 Å². The number of halogens is 1. The van der Waals surface area contributed by atoms with E-state index in [2.05, 4.69) is 20.6 Å². The quantitative estimate of drug-likeness (QED) is 0.564. The molecular formula is C19H27FN6O. The van der Waals surface area contributed by atoms with Crippen LogP contribution in [0, 0.1) is 19.7 Å². The number of carbonyl (C=O) groups excluding carboxylic acids is 1.